The molecule has 0 radical (unpaired) electrons. The Hall–Kier alpha value is -1.34. The van der Waals surface area contributed by atoms with Gasteiger partial charge in [-0.1, -0.05) is 13.3 Å². The van der Waals surface area contributed by atoms with Crippen LogP contribution >= 0.6 is 24.8 Å². The summed E-state index contributed by atoms with van der Waals surface area (Å²) in [6.45, 7) is 2.69. The molecule has 0 aromatic heterocycles. The Morgan fingerprint density at radius 3 is 2.04 bits per heavy atom. The summed E-state index contributed by atoms with van der Waals surface area (Å²) in [6, 6.07) is 6.52. The fourth-order valence-electron chi connectivity index (χ4n) is 1.86. The lowest BCUT2D eigenvalue weighted by Crippen LogP contribution is -2.35. The van der Waals surface area contributed by atoms with Crippen LogP contribution in [0.2, 0.25) is 0 Å². The number of nitrogens with one attached hydrogen (secondary N) is 2. The van der Waals surface area contributed by atoms with E-state index in [2.05, 4.69) is 10.6 Å². The Bertz CT molecular complexity index is 495. The van der Waals surface area contributed by atoms with E-state index < -0.39 is 6.04 Å². The second-order valence-electron chi connectivity index (χ2n) is 5.56. The number of hydrogen-bond acceptors (Lipinski definition) is 4. The molecule has 0 heterocycles. The summed E-state index contributed by atoms with van der Waals surface area (Å²) < 4.78 is 0. The molecule has 24 heavy (non-hydrogen) atoms. The van der Waals surface area contributed by atoms with Crippen LogP contribution in [0.15, 0.2) is 24.3 Å². The molecule has 0 spiro atoms. The van der Waals surface area contributed by atoms with Crippen LogP contribution in [0.3, 0.4) is 0 Å². The van der Waals surface area contributed by atoms with Crippen LogP contribution in [-0.4, -0.2) is 43.4 Å². The van der Waals surface area contributed by atoms with E-state index in [1.165, 1.54) is 0 Å². The first-order valence-corrected chi connectivity index (χ1v) is 7.53. The first kappa shape index (κ1) is 24.9. The third-order valence-corrected chi connectivity index (χ3v) is 3.16. The molecule has 0 aliphatic carbocycles. The van der Waals surface area contributed by atoms with E-state index >= 15 is 0 Å². The van der Waals surface area contributed by atoms with Gasteiger partial charge in [-0.15, -0.1) is 24.8 Å². The summed E-state index contributed by atoms with van der Waals surface area (Å²) in [4.78, 5) is 25.5. The molecule has 1 aromatic rings. The number of nitrogens with zero attached hydrogens (tertiary/aromatic N) is 1. The third kappa shape index (κ3) is 9.72. The van der Waals surface area contributed by atoms with E-state index in [1.807, 2.05) is 25.9 Å². The van der Waals surface area contributed by atoms with Gasteiger partial charge in [0, 0.05) is 24.3 Å². The number of anilines is 2. The molecular weight excluding hydrogens is 351 g/mol. The largest absolute Gasteiger partial charge is 0.326 e. The number of carbonyl (C=O) groups is 2. The van der Waals surface area contributed by atoms with E-state index in [0.717, 1.165) is 6.42 Å². The summed E-state index contributed by atoms with van der Waals surface area (Å²) in [5.41, 5.74) is 7.13. The van der Waals surface area contributed by atoms with Gasteiger partial charge in [0.15, 0.2) is 0 Å². The molecule has 1 unspecified atom stereocenters. The smallest absolute Gasteiger partial charge is 0.241 e. The molecule has 0 bridgehead atoms. The number of amides is 2. The number of rotatable bonds is 8. The topological polar surface area (TPSA) is 87.5 Å². The second-order valence-corrected chi connectivity index (χ2v) is 5.56. The van der Waals surface area contributed by atoms with Crippen molar-refractivity contribution in [2.24, 2.45) is 5.73 Å². The molecule has 138 valence electrons. The Morgan fingerprint density at radius 2 is 1.58 bits per heavy atom. The third-order valence-electron chi connectivity index (χ3n) is 3.16. The highest BCUT2D eigenvalue weighted by Gasteiger charge is 2.12. The maximum atomic E-state index is 11.8. The highest BCUT2D eigenvalue weighted by molar-refractivity contribution is 5.95. The van der Waals surface area contributed by atoms with Crippen LogP contribution in [0.5, 0.6) is 0 Å². The van der Waals surface area contributed by atoms with Crippen LogP contribution < -0.4 is 16.4 Å². The zero-order valence-corrected chi connectivity index (χ0v) is 16.0. The number of halogens is 2. The molecule has 0 saturated heterocycles. The average molecular weight is 379 g/mol. The molecule has 1 atom stereocenters. The Balaban J connectivity index is 0. The molecule has 6 nitrogen and oxygen atoms in total. The van der Waals surface area contributed by atoms with Gasteiger partial charge in [0.2, 0.25) is 11.8 Å². The first-order chi connectivity index (χ1) is 10.4. The molecule has 2 amide bonds. The first-order valence-electron chi connectivity index (χ1n) is 7.53. The van der Waals surface area contributed by atoms with Crippen LogP contribution in [0.1, 0.15) is 26.2 Å². The minimum Gasteiger partial charge on any atom is -0.326 e. The van der Waals surface area contributed by atoms with Crippen molar-refractivity contribution in [2.75, 3.05) is 31.3 Å². The van der Waals surface area contributed by atoms with Gasteiger partial charge in [-0.3, -0.25) is 9.59 Å². The van der Waals surface area contributed by atoms with Crippen molar-refractivity contribution < 1.29 is 9.59 Å². The Labute approximate surface area is 156 Å². The molecule has 1 rings (SSSR count). The molecule has 0 aliphatic rings. The number of benzene rings is 1. The van der Waals surface area contributed by atoms with E-state index in [1.54, 1.807) is 24.3 Å². The molecule has 4 N–H and O–H groups in total. The van der Waals surface area contributed by atoms with Crippen molar-refractivity contribution >= 4 is 48.0 Å². The normalized spacial score (nSPS) is 11.0. The van der Waals surface area contributed by atoms with Crippen LogP contribution in [0, 0.1) is 0 Å². The van der Waals surface area contributed by atoms with Crippen LogP contribution in [0.25, 0.3) is 0 Å². The molecule has 8 heteroatoms. The monoisotopic (exact) mass is 378 g/mol. The van der Waals surface area contributed by atoms with E-state index in [4.69, 9.17) is 5.73 Å². The van der Waals surface area contributed by atoms with Crippen molar-refractivity contribution in [1.82, 2.24) is 4.90 Å². The Morgan fingerprint density at radius 1 is 1.08 bits per heavy atom. The maximum Gasteiger partial charge on any atom is 0.241 e. The molecule has 1 aromatic carbocycles. The predicted octanol–water partition coefficient (Wildman–Crippen LogP) is 2.49. The highest BCUT2D eigenvalue weighted by atomic mass is 35.5. The zero-order valence-electron chi connectivity index (χ0n) is 14.4. The minimum atomic E-state index is -0.490. The summed E-state index contributed by atoms with van der Waals surface area (Å²) in [5, 5.41) is 5.58. The van der Waals surface area contributed by atoms with Gasteiger partial charge in [-0.2, -0.15) is 0 Å². The van der Waals surface area contributed by atoms with Gasteiger partial charge in [-0.25, -0.2) is 0 Å². The van der Waals surface area contributed by atoms with Crippen molar-refractivity contribution in [3.05, 3.63) is 24.3 Å². The van der Waals surface area contributed by atoms with Crippen molar-refractivity contribution in [2.45, 2.75) is 32.2 Å². The van der Waals surface area contributed by atoms with Gasteiger partial charge in [0.25, 0.3) is 0 Å². The fourth-order valence-corrected chi connectivity index (χ4v) is 1.86. The molecule has 0 fully saturated rings. The lowest BCUT2D eigenvalue weighted by molar-refractivity contribution is -0.118. The van der Waals surface area contributed by atoms with Crippen LogP contribution in [0.4, 0.5) is 11.4 Å². The zero-order chi connectivity index (χ0) is 16.5. The van der Waals surface area contributed by atoms with Crippen molar-refractivity contribution in [3.8, 4) is 0 Å². The van der Waals surface area contributed by atoms with Gasteiger partial charge in [0.05, 0.1) is 6.04 Å². The molecular formula is C16H28Cl2N4O2. The van der Waals surface area contributed by atoms with Gasteiger partial charge in [-0.05, 0) is 44.8 Å². The van der Waals surface area contributed by atoms with Crippen molar-refractivity contribution in [3.63, 3.8) is 0 Å². The molecule has 0 aliphatic heterocycles. The fraction of sp³-hybridized carbons (Fsp3) is 0.500. The van der Waals surface area contributed by atoms with Gasteiger partial charge >= 0.3 is 0 Å². The van der Waals surface area contributed by atoms with E-state index in [-0.39, 0.29) is 36.6 Å². The number of carbonyl (C=O) groups excluding carboxylic acids is 2. The lowest BCUT2D eigenvalue weighted by Gasteiger charge is -2.12. The number of nitrogens with two attached hydrogens (primary N) is 1. The Kier molecular flexibility index (Phi) is 13.5. The minimum absolute atomic E-state index is 0. The van der Waals surface area contributed by atoms with E-state index in [9.17, 15) is 9.59 Å². The molecule has 0 saturated carbocycles. The van der Waals surface area contributed by atoms with Gasteiger partial charge < -0.3 is 21.3 Å². The summed E-state index contributed by atoms with van der Waals surface area (Å²) in [7, 11) is 3.85. The second kappa shape index (κ2) is 13.0. The quantitative estimate of drug-likeness (QED) is 0.648. The van der Waals surface area contributed by atoms with Crippen molar-refractivity contribution in [1.29, 1.82) is 0 Å². The van der Waals surface area contributed by atoms with Crippen LogP contribution in [-0.2, 0) is 9.59 Å². The summed E-state index contributed by atoms with van der Waals surface area (Å²) >= 11 is 0. The number of hydrogen-bond donors (Lipinski definition) is 3. The van der Waals surface area contributed by atoms with E-state index in [0.29, 0.717) is 30.8 Å². The predicted molar refractivity (Wildman–Crippen MR) is 104 cm³/mol. The SMILES string of the molecule is CCCC(N)C(=O)Nc1ccc(NC(=O)CCN(C)C)cc1.Cl.Cl. The summed E-state index contributed by atoms with van der Waals surface area (Å²) in [5.74, 6) is -0.222. The highest BCUT2D eigenvalue weighted by Crippen LogP contribution is 2.14. The lowest BCUT2D eigenvalue weighted by atomic mass is 10.1. The maximum absolute atomic E-state index is 11.8. The standard InChI is InChI=1S/C16H26N4O2.2ClH/c1-4-5-14(17)16(22)19-13-8-6-12(7-9-13)18-15(21)10-11-20(2)3;;/h6-9,14H,4-5,10-11,17H2,1-3H3,(H,18,21)(H,19,22);2*1H. The average Bonchev–Trinajstić information content (AvgIpc) is 2.47. The summed E-state index contributed by atoms with van der Waals surface area (Å²) in [6.07, 6.45) is 1.97. The van der Waals surface area contributed by atoms with Gasteiger partial charge in [0.1, 0.15) is 0 Å².